The highest BCUT2D eigenvalue weighted by Crippen LogP contribution is 2.47. The molecule has 1 saturated heterocycles. The number of fused-ring (bicyclic) bond motifs is 3. The number of anilines is 1. The summed E-state index contributed by atoms with van der Waals surface area (Å²) in [4.78, 5) is 38.0. The first kappa shape index (κ1) is 26.6. The highest BCUT2D eigenvalue weighted by atomic mass is 16.6. The van der Waals surface area contributed by atoms with Gasteiger partial charge in [0.25, 0.3) is 5.91 Å². The molecular weight excluding hydrogens is 520 g/mol. The van der Waals surface area contributed by atoms with E-state index in [9.17, 15) is 14.9 Å². The lowest BCUT2D eigenvalue weighted by molar-refractivity contribution is 0.0197. The molecular formula is C31H32N6O4. The summed E-state index contributed by atoms with van der Waals surface area (Å²) in [6, 6.07) is 19.6. The molecule has 1 aromatic heterocycles. The van der Waals surface area contributed by atoms with Gasteiger partial charge in [-0.2, -0.15) is 10.2 Å². The number of carbonyl (C=O) groups is 2. The molecule has 10 nitrogen and oxygen atoms in total. The van der Waals surface area contributed by atoms with Crippen molar-refractivity contribution in [2.75, 3.05) is 24.5 Å². The maximum Gasteiger partial charge on any atom is 0.410 e. The normalized spacial score (nSPS) is 21.3. The number of hydrogen-bond donors (Lipinski definition) is 1. The van der Waals surface area contributed by atoms with Gasteiger partial charge in [0.1, 0.15) is 18.0 Å². The number of aromatic nitrogens is 2. The third kappa shape index (κ3) is 5.15. The molecule has 3 aliphatic rings. The molecule has 6 rings (SSSR count). The lowest BCUT2D eigenvalue weighted by atomic mass is 9.75. The number of piperazine rings is 1. The van der Waals surface area contributed by atoms with E-state index < -0.39 is 23.6 Å². The molecule has 210 valence electrons. The zero-order chi connectivity index (χ0) is 28.4. The van der Waals surface area contributed by atoms with Gasteiger partial charge in [0.15, 0.2) is 0 Å². The number of primary amides is 1. The Morgan fingerprint density at radius 2 is 1.88 bits per heavy atom. The van der Waals surface area contributed by atoms with Gasteiger partial charge >= 0.3 is 6.09 Å². The molecule has 3 aromatic rings. The lowest BCUT2D eigenvalue weighted by Gasteiger charge is -2.44. The van der Waals surface area contributed by atoms with Gasteiger partial charge in [-0.25, -0.2) is 9.78 Å². The zero-order valence-electron chi connectivity index (χ0n) is 22.8. The van der Waals surface area contributed by atoms with Gasteiger partial charge in [-0.15, -0.1) is 0 Å². The maximum atomic E-state index is 13.0. The Bertz CT molecular complexity index is 1510. The summed E-state index contributed by atoms with van der Waals surface area (Å²) in [7, 11) is 0. The highest BCUT2D eigenvalue weighted by Gasteiger charge is 2.44. The van der Waals surface area contributed by atoms with E-state index >= 15 is 0 Å². The van der Waals surface area contributed by atoms with Crippen LogP contribution in [-0.4, -0.2) is 52.5 Å². The molecule has 1 unspecified atom stereocenters. The molecule has 1 aliphatic carbocycles. The molecule has 3 heterocycles. The van der Waals surface area contributed by atoms with Crippen molar-refractivity contribution >= 4 is 17.8 Å². The molecule has 0 bridgehead atoms. The van der Waals surface area contributed by atoms with E-state index in [1.165, 1.54) is 11.1 Å². The van der Waals surface area contributed by atoms with Crippen molar-refractivity contribution in [3.63, 3.8) is 0 Å². The number of benzene rings is 2. The van der Waals surface area contributed by atoms with Gasteiger partial charge < -0.3 is 25.0 Å². The Kier molecular flexibility index (Phi) is 7.18. The van der Waals surface area contributed by atoms with Crippen molar-refractivity contribution in [2.45, 2.75) is 56.8 Å². The van der Waals surface area contributed by atoms with Crippen LogP contribution in [0.3, 0.4) is 0 Å². The van der Waals surface area contributed by atoms with Crippen LogP contribution in [-0.2, 0) is 29.8 Å². The number of hydrogen-bond acceptors (Lipinski definition) is 8. The zero-order valence-corrected chi connectivity index (χ0v) is 22.8. The second-order valence-electron chi connectivity index (χ2n) is 10.8. The van der Waals surface area contributed by atoms with Gasteiger partial charge in [-0.3, -0.25) is 4.79 Å². The average molecular weight is 553 g/mol. The van der Waals surface area contributed by atoms with Gasteiger partial charge in [-0.05, 0) is 48.8 Å². The summed E-state index contributed by atoms with van der Waals surface area (Å²) in [6.07, 6.45) is 3.97. The number of nitrogens with zero attached hydrogens (tertiary/aromatic N) is 5. The first-order chi connectivity index (χ1) is 20.0. The molecule has 2 atom stereocenters. The molecule has 2 aliphatic heterocycles. The quantitative estimate of drug-likeness (QED) is 0.504. The maximum absolute atomic E-state index is 13.0. The molecule has 1 fully saturated rings. The highest BCUT2D eigenvalue weighted by molar-refractivity contribution is 5.89. The standard InChI is InChI=1S/C31H32N6O4/c32-16-13-23-19-36(17-18-37(23)30(39)40-20-21-7-2-1-3-8-21)28-24-12-15-31(41-29(24)35-27(34-28)26(33)38)14-6-10-22-9-4-5-11-25(22)31/h1-5,7-9,11,23H,6,10,12-15,17-20H2,(H2,33,38)/t23-,31?/m0/s1. The van der Waals surface area contributed by atoms with Crippen LogP contribution in [0.1, 0.15) is 58.6 Å². The summed E-state index contributed by atoms with van der Waals surface area (Å²) in [5.41, 5.74) is 9.32. The summed E-state index contributed by atoms with van der Waals surface area (Å²) < 4.78 is 12.3. The smallest absolute Gasteiger partial charge is 0.410 e. The van der Waals surface area contributed by atoms with Crippen molar-refractivity contribution < 1.29 is 19.1 Å². The summed E-state index contributed by atoms with van der Waals surface area (Å²) in [5.74, 6) is 0.107. The van der Waals surface area contributed by atoms with Crippen molar-refractivity contribution in [1.29, 1.82) is 5.26 Å². The van der Waals surface area contributed by atoms with E-state index in [4.69, 9.17) is 15.2 Å². The fourth-order valence-corrected chi connectivity index (χ4v) is 6.31. The number of rotatable bonds is 5. The molecule has 2 aromatic carbocycles. The Balaban J connectivity index is 1.26. The van der Waals surface area contributed by atoms with E-state index in [0.29, 0.717) is 37.8 Å². The molecule has 2 N–H and O–H groups in total. The Morgan fingerprint density at radius 3 is 2.68 bits per heavy atom. The summed E-state index contributed by atoms with van der Waals surface area (Å²) in [5, 5.41) is 9.56. The Labute approximate surface area is 238 Å². The number of nitrogens with two attached hydrogens (primary N) is 1. The van der Waals surface area contributed by atoms with Crippen LogP contribution in [0.5, 0.6) is 5.88 Å². The van der Waals surface area contributed by atoms with Crippen LogP contribution in [0.25, 0.3) is 0 Å². The number of ether oxygens (including phenoxy) is 2. The number of nitriles is 1. The summed E-state index contributed by atoms with van der Waals surface area (Å²) in [6.45, 7) is 1.28. The molecule has 1 spiro atoms. The van der Waals surface area contributed by atoms with Crippen molar-refractivity contribution in [3.8, 4) is 11.9 Å². The van der Waals surface area contributed by atoms with Crippen molar-refractivity contribution in [2.24, 2.45) is 5.73 Å². The van der Waals surface area contributed by atoms with E-state index in [1.54, 1.807) is 4.90 Å². The van der Waals surface area contributed by atoms with Gasteiger partial charge in [0.05, 0.1) is 24.1 Å². The van der Waals surface area contributed by atoms with E-state index in [1.807, 2.05) is 41.3 Å². The minimum atomic E-state index is -0.738. The van der Waals surface area contributed by atoms with Crippen LogP contribution in [0.15, 0.2) is 54.6 Å². The molecule has 2 amide bonds. The monoisotopic (exact) mass is 552 g/mol. The molecule has 0 saturated carbocycles. The fourth-order valence-electron chi connectivity index (χ4n) is 6.31. The third-order valence-corrected chi connectivity index (χ3v) is 8.32. The minimum absolute atomic E-state index is 0.110. The van der Waals surface area contributed by atoms with Crippen molar-refractivity contribution in [3.05, 3.63) is 82.7 Å². The van der Waals surface area contributed by atoms with Crippen LogP contribution in [0.4, 0.5) is 10.6 Å². The van der Waals surface area contributed by atoms with Crippen LogP contribution in [0.2, 0.25) is 0 Å². The number of aryl methyl sites for hydroxylation is 1. The number of carbonyl (C=O) groups excluding carboxylic acids is 2. The van der Waals surface area contributed by atoms with E-state index in [2.05, 4.69) is 34.2 Å². The first-order valence-electron chi connectivity index (χ1n) is 14.0. The van der Waals surface area contributed by atoms with Crippen LogP contribution < -0.4 is 15.4 Å². The molecule has 41 heavy (non-hydrogen) atoms. The Hall–Kier alpha value is -4.65. The second-order valence-corrected chi connectivity index (χ2v) is 10.8. The second kappa shape index (κ2) is 11.1. The van der Waals surface area contributed by atoms with Gasteiger partial charge in [0.2, 0.25) is 11.7 Å². The topological polar surface area (TPSA) is 135 Å². The largest absolute Gasteiger partial charge is 0.466 e. The van der Waals surface area contributed by atoms with Crippen LogP contribution in [0, 0.1) is 11.3 Å². The van der Waals surface area contributed by atoms with Gasteiger partial charge in [0, 0.05) is 19.6 Å². The fraction of sp³-hybridized carbons (Fsp3) is 0.387. The number of amides is 2. The summed E-state index contributed by atoms with van der Waals surface area (Å²) >= 11 is 0. The SMILES string of the molecule is N#CC[C@H]1CN(c2nc(C(N)=O)nc3c2CCC2(CCCc4ccccc42)O3)CCN1C(=O)OCc1ccccc1. The predicted molar refractivity (Wildman–Crippen MR) is 150 cm³/mol. The average Bonchev–Trinajstić information content (AvgIpc) is 3.00. The van der Waals surface area contributed by atoms with Gasteiger partial charge in [-0.1, -0.05) is 54.6 Å². The minimum Gasteiger partial charge on any atom is -0.466 e. The van der Waals surface area contributed by atoms with E-state index in [0.717, 1.165) is 36.8 Å². The molecule has 0 radical (unpaired) electrons. The van der Waals surface area contributed by atoms with Crippen LogP contribution >= 0.6 is 0 Å². The molecule has 10 heteroatoms. The lowest BCUT2D eigenvalue weighted by Crippen LogP contribution is -2.56. The van der Waals surface area contributed by atoms with Crippen molar-refractivity contribution in [1.82, 2.24) is 14.9 Å². The van der Waals surface area contributed by atoms with E-state index in [-0.39, 0.29) is 18.9 Å². The predicted octanol–water partition coefficient (Wildman–Crippen LogP) is 3.87. The third-order valence-electron chi connectivity index (χ3n) is 8.32. The first-order valence-corrected chi connectivity index (χ1v) is 14.0. The Morgan fingerprint density at radius 1 is 1.07 bits per heavy atom.